The summed E-state index contributed by atoms with van der Waals surface area (Å²) in [5, 5.41) is 0. The van der Waals surface area contributed by atoms with Crippen LogP contribution in [-0.2, 0) is 4.74 Å². The average molecular weight is 268 g/mol. The van der Waals surface area contributed by atoms with E-state index in [1.165, 1.54) is 26.0 Å². The van der Waals surface area contributed by atoms with E-state index in [2.05, 4.69) is 0 Å². The number of nitrogen functional groups attached to an aromatic ring is 1. The van der Waals surface area contributed by atoms with Gasteiger partial charge in [0, 0.05) is 32.3 Å². The van der Waals surface area contributed by atoms with E-state index in [1.807, 2.05) is 11.9 Å². The van der Waals surface area contributed by atoms with Gasteiger partial charge in [0.25, 0.3) is 0 Å². The molecular formula is C14H21FN2O2. The molecule has 1 saturated carbocycles. The standard InChI is InChI=1S/C14H21FN2O2/c1-17(5-6-19-9-10-3-4-10)13-8-14(18-2)12(16)7-11(13)15/h7-8,10H,3-6,9,16H2,1-2H3. The first-order valence-electron chi connectivity index (χ1n) is 6.53. The van der Waals surface area contributed by atoms with Crippen LogP contribution in [0, 0.1) is 11.7 Å². The van der Waals surface area contributed by atoms with Gasteiger partial charge in [0.2, 0.25) is 0 Å². The summed E-state index contributed by atoms with van der Waals surface area (Å²) in [4.78, 5) is 1.81. The van der Waals surface area contributed by atoms with E-state index >= 15 is 0 Å². The fourth-order valence-corrected chi connectivity index (χ4v) is 1.88. The van der Waals surface area contributed by atoms with Crippen molar-refractivity contribution in [3.63, 3.8) is 0 Å². The Balaban J connectivity index is 1.90. The first-order chi connectivity index (χ1) is 9.11. The van der Waals surface area contributed by atoms with Crippen molar-refractivity contribution in [1.82, 2.24) is 0 Å². The van der Waals surface area contributed by atoms with Crippen molar-refractivity contribution < 1.29 is 13.9 Å². The average Bonchev–Trinajstić information content (AvgIpc) is 3.18. The molecule has 19 heavy (non-hydrogen) atoms. The van der Waals surface area contributed by atoms with Crippen LogP contribution >= 0.6 is 0 Å². The second kappa shape index (κ2) is 6.10. The Labute approximate surface area is 113 Å². The molecule has 0 radical (unpaired) electrons. The zero-order valence-electron chi connectivity index (χ0n) is 11.5. The molecule has 0 spiro atoms. The third kappa shape index (κ3) is 3.73. The Bertz CT molecular complexity index is 436. The summed E-state index contributed by atoms with van der Waals surface area (Å²) in [5.74, 6) is 0.892. The molecule has 4 nitrogen and oxygen atoms in total. The van der Waals surface area contributed by atoms with Gasteiger partial charge < -0.3 is 20.1 Å². The lowest BCUT2D eigenvalue weighted by Crippen LogP contribution is -2.24. The monoisotopic (exact) mass is 268 g/mol. The van der Waals surface area contributed by atoms with Gasteiger partial charge in [-0.25, -0.2) is 4.39 Å². The van der Waals surface area contributed by atoms with E-state index in [4.69, 9.17) is 15.2 Å². The highest BCUT2D eigenvalue weighted by molar-refractivity contribution is 5.63. The van der Waals surface area contributed by atoms with Crippen LogP contribution in [0.25, 0.3) is 0 Å². The van der Waals surface area contributed by atoms with Crippen LogP contribution in [0.5, 0.6) is 5.75 Å². The van der Waals surface area contributed by atoms with Gasteiger partial charge in [-0.05, 0) is 18.8 Å². The number of ether oxygens (including phenoxy) is 2. The van der Waals surface area contributed by atoms with Gasteiger partial charge in [-0.2, -0.15) is 0 Å². The van der Waals surface area contributed by atoms with Crippen LogP contribution in [0.3, 0.4) is 0 Å². The van der Waals surface area contributed by atoms with E-state index in [1.54, 1.807) is 6.07 Å². The third-order valence-electron chi connectivity index (χ3n) is 3.33. The molecule has 0 amide bonds. The minimum absolute atomic E-state index is 0.308. The van der Waals surface area contributed by atoms with Crippen molar-refractivity contribution in [2.24, 2.45) is 5.92 Å². The molecule has 2 rings (SSSR count). The Morgan fingerprint density at radius 1 is 1.42 bits per heavy atom. The second-order valence-corrected chi connectivity index (χ2v) is 4.99. The quantitative estimate of drug-likeness (QED) is 0.609. The number of nitrogens with two attached hydrogens (primary N) is 1. The summed E-state index contributed by atoms with van der Waals surface area (Å²) in [5.41, 5.74) is 6.44. The van der Waals surface area contributed by atoms with Crippen LogP contribution in [0.2, 0.25) is 0 Å². The molecule has 1 aromatic rings. The van der Waals surface area contributed by atoms with Gasteiger partial charge in [0.1, 0.15) is 11.6 Å². The molecular weight excluding hydrogens is 247 g/mol. The zero-order valence-corrected chi connectivity index (χ0v) is 11.5. The normalized spacial score (nSPS) is 14.5. The minimum atomic E-state index is -0.344. The molecule has 1 fully saturated rings. The maximum absolute atomic E-state index is 13.8. The molecule has 1 aromatic carbocycles. The Kier molecular flexibility index (Phi) is 4.47. The molecule has 0 unspecified atom stereocenters. The lowest BCUT2D eigenvalue weighted by Gasteiger charge is -2.21. The van der Waals surface area contributed by atoms with E-state index in [-0.39, 0.29) is 5.82 Å². The number of halogens is 1. The van der Waals surface area contributed by atoms with Gasteiger partial charge >= 0.3 is 0 Å². The summed E-state index contributed by atoms with van der Waals surface area (Å²) in [6.45, 7) is 2.05. The van der Waals surface area contributed by atoms with Crippen LogP contribution < -0.4 is 15.4 Å². The predicted molar refractivity (Wildman–Crippen MR) is 74.2 cm³/mol. The number of rotatable bonds is 7. The summed E-state index contributed by atoms with van der Waals surface area (Å²) in [6, 6.07) is 2.90. The van der Waals surface area contributed by atoms with Crippen molar-refractivity contribution in [1.29, 1.82) is 0 Å². The highest BCUT2D eigenvalue weighted by atomic mass is 19.1. The van der Waals surface area contributed by atoms with Gasteiger partial charge in [-0.15, -0.1) is 0 Å². The number of likely N-dealkylation sites (N-methyl/N-ethyl adjacent to an activating group) is 1. The SMILES string of the molecule is COc1cc(N(C)CCOCC2CC2)c(F)cc1N. The molecule has 5 heteroatoms. The number of methoxy groups -OCH3 is 1. The number of hydrogen-bond donors (Lipinski definition) is 1. The molecule has 1 aliphatic rings. The van der Waals surface area contributed by atoms with Gasteiger partial charge in [0.15, 0.2) is 0 Å². The van der Waals surface area contributed by atoms with Crippen LogP contribution in [0.15, 0.2) is 12.1 Å². The van der Waals surface area contributed by atoms with Crippen molar-refractivity contribution in [2.45, 2.75) is 12.8 Å². The Hall–Kier alpha value is -1.49. The zero-order chi connectivity index (χ0) is 13.8. The third-order valence-corrected chi connectivity index (χ3v) is 3.33. The molecule has 2 N–H and O–H groups in total. The molecule has 0 aromatic heterocycles. The fourth-order valence-electron chi connectivity index (χ4n) is 1.88. The van der Waals surface area contributed by atoms with Crippen LogP contribution in [0.4, 0.5) is 15.8 Å². The molecule has 0 atom stereocenters. The second-order valence-electron chi connectivity index (χ2n) is 4.99. The van der Waals surface area contributed by atoms with Crippen molar-refractivity contribution in [2.75, 3.05) is 44.5 Å². The molecule has 0 bridgehead atoms. The predicted octanol–water partition coefficient (Wildman–Crippen LogP) is 2.28. The van der Waals surface area contributed by atoms with Crippen molar-refractivity contribution in [3.05, 3.63) is 17.9 Å². The molecule has 106 valence electrons. The van der Waals surface area contributed by atoms with Gasteiger partial charge in [-0.1, -0.05) is 0 Å². The maximum Gasteiger partial charge on any atom is 0.148 e. The lowest BCUT2D eigenvalue weighted by atomic mass is 10.2. The van der Waals surface area contributed by atoms with Gasteiger partial charge in [-0.3, -0.25) is 0 Å². The Morgan fingerprint density at radius 2 is 2.16 bits per heavy atom. The summed E-state index contributed by atoms with van der Waals surface area (Å²) >= 11 is 0. The number of hydrogen-bond acceptors (Lipinski definition) is 4. The largest absolute Gasteiger partial charge is 0.495 e. The highest BCUT2D eigenvalue weighted by Crippen LogP contribution is 2.30. The van der Waals surface area contributed by atoms with E-state index in [0.717, 1.165) is 12.5 Å². The highest BCUT2D eigenvalue weighted by Gasteiger charge is 2.21. The number of anilines is 2. The van der Waals surface area contributed by atoms with Gasteiger partial charge in [0.05, 0.1) is 25.1 Å². The smallest absolute Gasteiger partial charge is 0.148 e. The van der Waals surface area contributed by atoms with Crippen molar-refractivity contribution in [3.8, 4) is 5.75 Å². The number of nitrogens with zero attached hydrogens (tertiary/aromatic N) is 1. The lowest BCUT2D eigenvalue weighted by molar-refractivity contribution is 0.131. The summed E-state index contributed by atoms with van der Waals surface area (Å²) in [6.07, 6.45) is 2.55. The fraction of sp³-hybridized carbons (Fsp3) is 0.571. The molecule has 0 aliphatic heterocycles. The maximum atomic E-state index is 13.8. The van der Waals surface area contributed by atoms with E-state index in [9.17, 15) is 4.39 Å². The molecule has 1 aliphatic carbocycles. The van der Waals surface area contributed by atoms with E-state index in [0.29, 0.717) is 30.3 Å². The van der Waals surface area contributed by atoms with Crippen molar-refractivity contribution >= 4 is 11.4 Å². The van der Waals surface area contributed by atoms with Crippen LogP contribution in [0.1, 0.15) is 12.8 Å². The van der Waals surface area contributed by atoms with E-state index < -0.39 is 0 Å². The summed E-state index contributed by atoms with van der Waals surface area (Å²) < 4.78 is 24.5. The number of benzene rings is 1. The first-order valence-corrected chi connectivity index (χ1v) is 6.53. The molecule has 0 saturated heterocycles. The summed E-state index contributed by atoms with van der Waals surface area (Å²) in [7, 11) is 3.35. The minimum Gasteiger partial charge on any atom is -0.495 e. The Morgan fingerprint density at radius 3 is 2.79 bits per heavy atom. The molecule has 0 heterocycles. The topological polar surface area (TPSA) is 47.7 Å². The first kappa shape index (κ1) is 13.9. The van der Waals surface area contributed by atoms with Crippen LogP contribution in [-0.4, -0.2) is 33.9 Å².